The van der Waals surface area contributed by atoms with Crippen molar-refractivity contribution in [2.24, 2.45) is 0 Å². The number of ether oxygens (including phenoxy) is 1. The van der Waals surface area contributed by atoms with Gasteiger partial charge in [-0.2, -0.15) is 0 Å². The SMILES string of the molecule is COc1ccccc1CNC(=O)[C@@H](Cc1ccccc1)N(Cc1ccc(F)cc1)C(=O)Cc1ccc(Cl)cc1. The first kappa shape index (κ1) is 27.9. The molecule has 0 unspecified atom stereocenters. The van der Waals surface area contributed by atoms with Crippen LogP contribution in [0.1, 0.15) is 22.3 Å². The summed E-state index contributed by atoms with van der Waals surface area (Å²) >= 11 is 6.03. The van der Waals surface area contributed by atoms with Gasteiger partial charge in [-0.05, 0) is 47.0 Å². The molecule has 5 nitrogen and oxygen atoms in total. The zero-order valence-electron chi connectivity index (χ0n) is 21.6. The highest BCUT2D eigenvalue weighted by Gasteiger charge is 2.30. The molecule has 0 saturated carbocycles. The van der Waals surface area contributed by atoms with E-state index in [2.05, 4.69) is 5.32 Å². The van der Waals surface area contributed by atoms with E-state index in [0.29, 0.717) is 17.2 Å². The average molecular weight is 545 g/mol. The molecular formula is C32H30ClFN2O3. The number of para-hydroxylation sites is 1. The van der Waals surface area contributed by atoms with Gasteiger partial charge in [0, 0.05) is 30.1 Å². The van der Waals surface area contributed by atoms with Crippen LogP contribution in [0.15, 0.2) is 103 Å². The van der Waals surface area contributed by atoms with Crippen molar-refractivity contribution in [2.75, 3.05) is 7.11 Å². The van der Waals surface area contributed by atoms with Gasteiger partial charge in [-0.15, -0.1) is 0 Å². The Balaban J connectivity index is 1.65. The molecule has 0 saturated heterocycles. The number of benzene rings is 4. The van der Waals surface area contributed by atoms with Crippen molar-refractivity contribution in [3.63, 3.8) is 0 Å². The number of nitrogens with zero attached hydrogens (tertiary/aromatic N) is 1. The first-order valence-corrected chi connectivity index (χ1v) is 13.0. The lowest BCUT2D eigenvalue weighted by Gasteiger charge is -2.32. The number of hydrogen-bond acceptors (Lipinski definition) is 3. The lowest BCUT2D eigenvalue weighted by molar-refractivity contribution is -0.140. The number of halogens is 2. The fraction of sp³-hybridized carbons (Fsp3) is 0.188. The molecule has 0 aliphatic rings. The Morgan fingerprint density at radius 3 is 2.18 bits per heavy atom. The normalized spacial score (nSPS) is 11.5. The van der Waals surface area contributed by atoms with Crippen LogP contribution in [-0.2, 0) is 35.5 Å². The Morgan fingerprint density at radius 2 is 1.49 bits per heavy atom. The van der Waals surface area contributed by atoms with Crippen molar-refractivity contribution < 1.29 is 18.7 Å². The minimum atomic E-state index is -0.813. The Morgan fingerprint density at radius 1 is 0.846 bits per heavy atom. The summed E-state index contributed by atoms with van der Waals surface area (Å²) in [4.78, 5) is 29.2. The Labute approximate surface area is 233 Å². The minimum Gasteiger partial charge on any atom is -0.496 e. The lowest BCUT2D eigenvalue weighted by atomic mass is 10.0. The maximum atomic E-state index is 13.8. The molecule has 0 bridgehead atoms. The van der Waals surface area contributed by atoms with E-state index in [9.17, 15) is 14.0 Å². The standard InChI is InChI=1S/C32H30ClFN2O3/c1-39-30-10-6-5-9-26(30)21-35-32(38)29(19-23-7-3-2-4-8-23)36(22-25-13-17-28(34)18-14-25)31(37)20-24-11-15-27(33)16-12-24/h2-18,29H,19-22H2,1H3,(H,35,38)/t29-/m1/s1. The van der Waals surface area contributed by atoms with E-state index in [1.807, 2.05) is 54.6 Å². The van der Waals surface area contributed by atoms with Crippen molar-refractivity contribution in [1.82, 2.24) is 10.2 Å². The van der Waals surface area contributed by atoms with E-state index in [-0.39, 0.29) is 37.1 Å². The molecule has 200 valence electrons. The van der Waals surface area contributed by atoms with E-state index in [1.165, 1.54) is 12.1 Å². The molecular weight excluding hydrogens is 515 g/mol. The van der Waals surface area contributed by atoms with Gasteiger partial charge in [-0.3, -0.25) is 9.59 Å². The first-order valence-electron chi connectivity index (χ1n) is 12.6. The van der Waals surface area contributed by atoms with Crippen LogP contribution in [0.2, 0.25) is 5.02 Å². The third-order valence-corrected chi connectivity index (χ3v) is 6.70. The summed E-state index contributed by atoms with van der Waals surface area (Å²) < 4.78 is 19.1. The number of carbonyl (C=O) groups is 2. The molecule has 0 radical (unpaired) electrons. The second kappa shape index (κ2) is 13.6. The minimum absolute atomic E-state index is 0.0867. The summed E-state index contributed by atoms with van der Waals surface area (Å²) in [6.45, 7) is 0.385. The summed E-state index contributed by atoms with van der Waals surface area (Å²) in [5, 5.41) is 3.58. The second-order valence-corrected chi connectivity index (χ2v) is 9.62. The van der Waals surface area contributed by atoms with E-state index in [4.69, 9.17) is 16.3 Å². The Bertz CT molecular complexity index is 1380. The fourth-order valence-corrected chi connectivity index (χ4v) is 4.49. The number of carbonyl (C=O) groups excluding carboxylic acids is 2. The van der Waals surface area contributed by atoms with E-state index in [0.717, 1.165) is 22.3 Å². The number of nitrogens with one attached hydrogen (secondary N) is 1. The molecule has 4 aromatic carbocycles. The monoisotopic (exact) mass is 544 g/mol. The van der Waals surface area contributed by atoms with Crippen molar-refractivity contribution in [3.05, 3.63) is 136 Å². The van der Waals surface area contributed by atoms with E-state index >= 15 is 0 Å². The Kier molecular flexibility index (Phi) is 9.70. The van der Waals surface area contributed by atoms with Gasteiger partial charge < -0.3 is 15.0 Å². The first-order chi connectivity index (χ1) is 18.9. The van der Waals surface area contributed by atoms with Crippen LogP contribution in [0, 0.1) is 5.82 Å². The highest BCUT2D eigenvalue weighted by Crippen LogP contribution is 2.20. The number of amides is 2. The average Bonchev–Trinajstić information content (AvgIpc) is 2.96. The van der Waals surface area contributed by atoms with Crippen LogP contribution >= 0.6 is 11.6 Å². The molecule has 39 heavy (non-hydrogen) atoms. The third kappa shape index (κ3) is 7.91. The van der Waals surface area contributed by atoms with Crippen LogP contribution in [-0.4, -0.2) is 29.9 Å². The van der Waals surface area contributed by atoms with Gasteiger partial charge in [0.2, 0.25) is 11.8 Å². The molecule has 0 aromatic heterocycles. The summed E-state index contributed by atoms with van der Waals surface area (Å²) in [7, 11) is 1.58. The summed E-state index contributed by atoms with van der Waals surface area (Å²) in [6, 6.07) is 29.2. The predicted octanol–water partition coefficient (Wildman–Crippen LogP) is 5.99. The zero-order valence-corrected chi connectivity index (χ0v) is 22.4. The predicted molar refractivity (Wildman–Crippen MR) is 151 cm³/mol. The van der Waals surface area contributed by atoms with E-state index in [1.54, 1.807) is 48.4 Å². The lowest BCUT2D eigenvalue weighted by Crippen LogP contribution is -2.50. The topological polar surface area (TPSA) is 58.6 Å². The molecule has 7 heteroatoms. The molecule has 2 amide bonds. The molecule has 4 rings (SSSR count). The van der Waals surface area contributed by atoms with Gasteiger partial charge in [0.1, 0.15) is 17.6 Å². The third-order valence-electron chi connectivity index (χ3n) is 6.45. The van der Waals surface area contributed by atoms with Crippen molar-refractivity contribution in [1.29, 1.82) is 0 Å². The molecule has 0 spiro atoms. The maximum absolute atomic E-state index is 13.8. The van der Waals surface area contributed by atoms with Crippen molar-refractivity contribution in [2.45, 2.75) is 32.0 Å². The van der Waals surface area contributed by atoms with Gasteiger partial charge in [0.25, 0.3) is 0 Å². The smallest absolute Gasteiger partial charge is 0.243 e. The molecule has 0 heterocycles. The summed E-state index contributed by atoms with van der Waals surface area (Å²) in [6.07, 6.45) is 0.398. The molecule has 0 fully saturated rings. The maximum Gasteiger partial charge on any atom is 0.243 e. The van der Waals surface area contributed by atoms with Gasteiger partial charge in [-0.25, -0.2) is 4.39 Å². The quantitative estimate of drug-likeness (QED) is 0.252. The van der Waals surface area contributed by atoms with Crippen LogP contribution in [0.4, 0.5) is 4.39 Å². The molecule has 1 atom stereocenters. The molecule has 0 aliphatic heterocycles. The van der Waals surface area contributed by atoms with Gasteiger partial charge in [0.15, 0.2) is 0 Å². The van der Waals surface area contributed by atoms with E-state index < -0.39 is 6.04 Å². The second-order valence-electron chi connectivity index (χ2n) is 9.19. The zero-order chi connectivity index (χ0) is 27.6. The van der Waals surface area contributed by atoms with Crippen LogP contribution in [0.5, 0.6) is 5.75 Å². The highest BCUT2D eigenvalue weighted by atomic mass is 35.5. The Hall–Kier alpha value is -4.16. The highest BCUT2D eigenvalue weighted by molar-refractivity contribution is 6.30. The number of methoxy groups -OCH3 is 1. The van der Waals surface area contributed by atoms with Gasteiger partial charge in [-0.1, -0.05) is 84.4 Å². The molecule has 4 aromatic rings. The van der Waals surface area contributed by atoms with Crippen molar-refractivity contribution in [3.8, 4) is 5.75 Å². The summed E-state index contributed by atoms with van der Waals surface area (Å²) in [5.74, 6) is -0.223. The van der Waals surface area contributed by atoms with Crippen LogP contribution in [0.25, 0.3) is 0 Å². The van der Waals surface area contributed by atoms with Crippen molar-refractivity contribution >= 4 is 23.4 Å². The van der Waals surface area contributed by atoms with Gasteiger partial charge >= 0.3 is 0 Å². The van der Waals surface area contributed by atoms with Crippen LogP contribution in [0.3, 0.4) is 0 Å². The summed E-state index contributed by atoms with van der Waals surface area (Å²) in [5.41, 5.74) is 3.24. The molecule has 1 N–H and O–H groups in total. The number of hydrogen-bond donors (Lipinski definition) is 1. The molecule has 0 aliphatic carbocycles. The van der Waals surface area contributed by atoms with Crippen LogP contribution < -0.4 is 10.1 Å². The number of rotatable bonds is 11. The fourth-order valence-electron chi connectivity index (χ4n) is 4.37. The largest absolute Gasteiger partial charge is 0.496 e. The van der Waals surface area contributed by atoms with Gasteiger partial charge in [0.05, 0.1) is 13.5 Å².